The van der Waals surface area contributed by atoms with Crippen LogP contribution < -0.4 is 5.73 Å². The summed E-state index contributed by atoms with van der Waals surface area (Å²) in [6.45, 7) is 7.55. The second-order valence-corrected chi connectivity index (χ2v) is 4.54. The van der Waals surface area contributed by atoms with Gasteiger partial charge in [-0.15, -0.1) is 12.4 Å². The van der Waals surface area contributed by atoms with E-state index in [2.05, 4.69) is 18.7 Å². The van der Waals surface area contributed by atoms with Gasteiger partial charge >= 0.3 is 0 Å². The summed E-state index contributed by atoms with van der Waals surface area (Å²) in [5.41, 5.74) is 5.90. The maximum absolute atomic E-state index is 5.90. The smallest absolute Gasteiger partial charge is 0.0615 e. The number of ether oxygens (including phenoxy) is 1. The van der Waals surface area contributed by atoms with Crippen molar-refractivity contribution < 1.29 is 4.74 Å². The molecule has 2 N–H and O–H groups in total. The highest BCUT2D eigenvalue weighted by molar-refractivity contribution is 5.85. The second kappa shape index (κ2) is 7.44. The molecule has 1 heterocycles. The van der Waals surface area contributed by atoms with Crippen LogP contribution in [0.3, 0.4) is 0 Å². The fourth-order valence-electron chi connectivity index (χ4n) is 2.23. The lowest BCUT2D eigenvalue weighted by Gasteiger charge is -2.37. The van der Waals surface area contributed by atoms with E-state index in [1.165, 1.54) is 25.9 Å². The molecule has 1 aliphatic rings. The van der Waals surface area contributed by atoms with E-state index in [1.807, 2.05) is 0 Å². The van der Waals surface area contributed by atoms with Gasteiger partial charge in [-0.05, 0) is 45.7 Å². The van der Waals surface area contributed by atoms with Gasteiger partial charge in [0.15, 0.2) is 0 Å². The van der Waals surface area contributed by atoms with E-state index >= 15 is 0 Å². The summed E-state index contributed by atoms with van der Waals surface area (Å²) in [5, 5.41) is 0. The zero-order valence-corrected chi connectivity index (χ0v) is 10.9. The van der Waals surface area contributed by atoms with Crippen molar-refractivity contribution in [2.24, 2.45) is 11.7 Å². The maximum atomic E-state index is 5.90. The van der Waals surface area contributed by atoms with Crippen LogP contribution >= 0.6 is 12.4 Å². The molecular formula is C11H25ClN2O. The van der Waals surface area contributed by atoms with E-state index in [0.29, 0.717) is 12.1 Å². The standard InChI is InChI=1S/C11H24N2O.ClH/c1-9(8-14-3)13-6-4-11(5-7-13)10(2)12;/h9-11H,4-8,12H2,1-3H3;1H. The number of halogens is 1. The molecule has 1 saturated heterocycles. The lowest BCUT2D eigenvalue weighted by atomic mass is 9.90. The molecule has 0 saturated carbocycles. The number of likely N-dealkylation sites (tertiary alicyclic amines) is 1. The fourth-order valence-corrected chi connectivity index (χ4v) is 2.23. The van der Waals surface area contributed by atoms with Crippen LogP contribution in [-0.4, -0.2) is 43.8 Å². The summed E-state index contributed by atoms with van der Waals surface area (Å²) >= 11 is 0. The number of nitrogens with two attached hydrogens (primary N) is 1. The van der Waals surface area contributed by atoms with E-state index in [9.17, 15) is 0 Å². The Balaban J connectivity index is 0.00000196. The molecule has 2 unspecified atom stereocenters. The summed E-state index contributed by atoms with van der Waals surface area (Å²) in [7, 11) is 1.77. The molecule has 0 aliphatic carbocycles. The molecule has 0 aromatic heterocycles. The zero-order chi connectivity index (χ0) is 10.6. The number of hydrogen-bond acceptors (Lipinski definition) is 3. The minimum Gasteiger partial charge on any atom is -0.383 e. The minimum atomic E-state index is 0. The Hall–Kier alpha value is 0.170. The van der Waals surface area contributed by atoms with Gasteiger partial charge < -0.3 is 10.5 Å². The molecular weight excluding hydrogens is 212 g/mol. The van der Waals surface area contributed by atoms with Crippen LogP contribution in [0.25, 0.3) is 0 Å². The van der Waals surface area contributed by atoms with Crippen LogP contribution in [0, 0.1) is 5.92 Å². The van der Waals surface area contributed by atoms with Gasteiger partial charge in [0.2, 0.25) is 0 Å². The van der Waals surface area contributed by atoms with Crippen LogP contribution in [0.5, 0.6) is 0 Å². The maximum Gasteiger partial charge on any atom is 0.0615 e. The first kappa shape index (κ1) is 15.2. The summed E-state index contributed by atoms with van der Waals surface area (Å²) in [5.74, 6) is 0.723. The van der Waals surface area contributed by atoms with Gasteiger partial charge in [-0.3, -0.25) is 4.90 Å². The van der Waals surface area contributed by atoms with Crippen molar-refractivity contribution in [1.82, 2.24) is 4.90 Å². The number of methoxy groups -OCH3 is 1. The highest BCUT2D eigenvalue weighted by Gasteiger charge is 2.24. The Morgan fingerprint density at radius 3 is 2.27 bits per heavy atom. The van der Waals surface area contributed by atoms with Crippen molar-refractivity contribution in [2.75, 3.05) is 26.8 Å². The highest BCUT2D eigenvalue weighted by atomic mass is 35.5. The second-order valence-electron chi connectivity index (χ2n) is 4.54. The van der Waals surface area contributed by atoms with Crippen LogP contribution in [0.2, 0.25) is 0 Å². The van der Waals surface area contributed by atoms with E-state index < -0.39 is 0 Å². The van der Waals surface area contributed by atoms with E-state index in [1.54, 1.807) is 7.11 Å². The third-order valence-corrected chi connectivity index (χ3v) is 3.35. The van der Waals surface area contributed by atoms with Crippen molar-refractivity contribution in [1.29, 1.82) is 0 Å². The van der Waals surface area contributed by atoms with E-state index in [0.717, 1.165) is 12.5 Å². The molecule has 0 bridgehead atoms. The van der Waals surface area contributed by atoms with Crippen LogP contribution in [0.1, 0.15) is 26.7 Å². The normalized spacial score (nSPS) is 23.2. The molecule has 4 heteroatoms. The predicted molar refractivity (Wildman–Crippen MR) is 66.5 cm³/mol. The Kier molecular flexibility index (Phi) is 7.53. The van der Waals surface area contributed by atoms with E-state index in [4.69, 9.17) is 10.5 Å². The lowest BCUT2D eigenvalue weighted by Crippen LogP contribution is -2.45. The van der Waals surface area contributed by atoms with Crippen molar-refractivity contribution >= 4 is 12.4 Å². The minimum absolute atomic E-state index is 0. The van der Waals surface area contributed by atoms with Gasteiger partial charge in [-0.2, -0.15) is 0 Å². The van der Waals surface area contributed by atoms with Gasteiger partial charge in [0.1, 0.15) is 0 Å². The topological polar surface area (TPSA) is 38.5 Å². The first-order valence-corrected chi connectivity index (χ1v) is 5.63. The third-order valence-electron chi connectivity index (χ3n) is 3.35. The van der Waals surface area contributed by atoms with Gasteiger partial charge in [0, 0.05) is 19.2 Å². The number of piperidine rings is 1. The Bertz CT molecular complexity index is 159. The van der Waals surface area contributed by atoms with Crippen molar-refractivity contribution in [3.8, 4) is 0 Å². The molecule has 1 aliphatic heterocycles. The molecule has 0 spiro atoms. The average molecular weight is 237 g/mol. The van der Waals surface area contributed by atoms with Gasteiger partial charge in [-0.25, -0.2) is 0 Å². The zero-order valence-electron chi connectivity index (χ0n) is 10.1. The van der Waals surface area contributed by atoms with Crippen LogP contribution in [0.15, 0.2) is 0 Å². The molecule has 15 heavy (non-hydrogen) atoms. The molecule has 92 valence electrons. The summed E-state index contributed by atoms with van der Waals surface area (Å²) in [6, 6.07) is 0.906. The molecule has 1 fully saturated rings. The quantitative estimate of drug-likeness (QED) is 0.804. The van der Waals surface area contributed by atoms with Crippen LogP contribution in [0.4, 0.5) is 0 Å². The molecule has 1 rings (SSSR count). The Morgan fingerprint density at radius 1 is 1.33 bits per heavy atom. The van der Waals surface area contributed by atoms with Crippen LogP contribution in [-0.2, 0) is 4.74 Å². The predicted octanol–water partition coefficient (Wildman–Crippen LogP) is 1.50. The summed E-state index contributed by atoms with van der Waals surface area (Å²) < 4.78 is 5.16. The van der Waals surface area contributed by atoms with Crippen molar-refractivity contribution in [3.63, 3.8) is 0 Å². The summed E-state index contributed by atoms with van der Waals surface area (Å²) in [6.07, 6.45) is 2.48. The van der Waals surface area contributed by atoms with Gasteiger partial charge in [0.25, 0.3) is 0 Å². The molecule has 3 nitrogen and oxygen atoms in total. The lowest BCUT2D eigenvalue weighted by molar-refractivity contribution is 0.0705. The Morgan fingerprint density at radius 2 is 1.87 bits per heavy atom. The third kappa shape index (κ3) is 4.68. The van der Waals surface area contributed by atoms with Crippen molar-refractivity contribution in [3.05, 3.63) is 0 Å². The summed E-state index contributed by atoms with van der Waals surface area (Å²) in [4.78, 5) is 2.50. The van der Waals surface area contributed by atoms with Gasteiger partial charge in [-0.1, -0.05) is 0 Å². The molecule has 0 amide bonds. The van der Waals surface area contributed by atoms with Gasteiger partial charge in [0.05, 0.1) is 6.61 Å². The average Bonchev–Trinajstić information content (AvgIpc) is 2.18. The molecule has 2 atom stereocenters. The number of rotatable bonds is 4. The molecule has 0 aromatic rings. The largest absolute Gasteiger partial charge is 0.383 e. The monoisotopic (exact) mass is 236 g/mol. The first-order valence-electron chi connectivity index (χ1n) is 5.63. The molecule has 0 radical (unpaired) electrons. The molecule has 0 aromatic carbocycles. The first-order chi connectivity index (χ1) is 6.65. The Labute approximate surface area is 99.7 Å². The highest BCUT2D eigenvalue weighted by Crippen LogP contribution is 2.20. The van der Waals surface area contributed by atoms with Crippen molar-refractivity contribution in [2.45, 2.75) is 38.8 Å². The number of nitrogens with zero attached hydrogens (tertiary/aromatic N) is 1. The SMILES string of the molecule is COCC(C)N1CCC(C(C)N)CC1.Cl. The van der Waals surface area contributed by atoms with E-state index in [-0.39, 0.29) is 12.4 Å². The fraction of sp³-hybridized carbons (Fsp3) is 1.00. The number of hydrogen-bond donors (Lipinski definition) is 1.